The van der Waals surface area contributed by atoms with E-state index in [1.54, 1.807) is 11.3 Å². The van der Waals surface area contributed by atoms with Crippen LogP contribution in [0.5, 0.6) is 0 Å². The number of carbonyl (C=O) groups excluding carboxylic acids is 1. The van der Waals surface area contributed by atoms with E-state index in [2.05, 4.69) is 19.2 Å². The molecule has 1 amide bonds. The van der Waals surface area contributed by atoms with Crippen LogP contribution in [0.25, 0.3) is 10.2 Å². The highest BCUT2D eigenvalue weighted by molar-refractivity contribution is 7.99. The van der Waals surface area contributed by atoms with Gasteiger partial charge in [0.2, 0.25) is 5.91 Å². The van der Waals surface area contributed by atoms with E-state index in [0.29, 0.717) is 29.4 Å². The average molecular weight is 476 g/mol. The summed E-state index contributed by atoms with van der Waals surface area (Å²) in [7, 11) is 0. The van der Waals surface area contributed by atoms with Gasteiger partial charge in [0.25, 0.3) is 5.56 Å². The minimum Gasteiger partial charge on any atom is -0.353 e. The van der Waals surface area contributed by atoms with Gasteiger partial charge in [-0.15, -0.1) is 11.3 Å². The lowest BCUT2D eigenvalue weighted by atomic mass is 9.97. The number of nitrogens with zero attached hydrogens (tertiary/aromatic N) is 2. The van der Waals surface area contributed by atoms with Crippen LogP contribution in [0.2, 0.25) is 0 Å². The number of carbonyl (C=O) groups is 1. The van der Waals surface area contributed by atoms with Crippen molar-refractivity contribution in [1.29, 1.82) is 0 Å². The number of thioether (sulfide) groups is 1. The Labute approximate surface area is 199 Å². The molecule has 0 saturated heterocycles. The zero-order valence-electron chi connectivity index (χ0n) is 19.6. The van der Waals surface area contributed by atoms with E-state index in [9.17, 15) is 9.59 Å². The molecular weight excluding hydrogens is 438 g/mol. The van der Waals surface area contributed by atoms with E-state index in [-0.39, 0.29) is 11.5 Å². The lowest BCUT2D eigenvalue weighted by Gasteiger charge is -2.21. The van der Waals surface area contributed by atoms with Gasteiger partial charge in [-0.05, 0) is 56.4 Å². The van der Waals surface area contributed by atoms with Gasteiger partial charge in [0.05, 0.1) is 11.1 Å². The fourth-order valence-corrected chi connectivity index (χ4v) is 7.05. The van der Waals surface area contributed by atoms with Crippen molar-refractivity contribution in [3.05, 3.63) is 20.8 Å². The molecule has 7 heteroatoms. The molecule has 2 aliphatic carbocycles. The minimum atomic E-state index is 0.0656. The van der Waals surface area contributed by atoms with Gasteiger partial charge in [0.1, 0.15) is 4.83 Å². The molecule has 0 aliphatic heterocycles. The third-order valence-electron chi connectivity index (χ3n) is 6.77. The topological polar surface area (TPSA) is 64.0 Å². The first-order chi connectivity index (χ1) is 15.5. The molecule has 0 spiro atoms. The smallest absolute Gasteiger partial charge is 0.263 e. The molecule has 0 bridgehead atoms. The van der Waals surface area contributed by atoms with Gasteiger partial charge in [0.15, 0.2) is 5.16 Å². The fraction of sp³-hybridized carbons (Fsp3) is 0.720. The summed E-state index contributed by atoms with van der Waals surface area (Å²) in [4.78, 5) is 33.4. The van der Waals surface area contributed by atoms with Gasteiger partial charge >= 0.3 is 0 Å². The second kappa shape index (κ2) is 11.2. The molecule has 1 N–H and O–H groups in total. The quantitative estimate of drug-likeness (QED) is 0.412. The van der Waals surface area contributed by atoms with Crippen LogP contribution in [0.4, 0.5) is 0 Å². The second-order valence-corrected chi connectivity index (χ2v) is 11.8. The second-order valence-electron chi connectivity index (χ2n) is 9.82. The Bertz CT molecular complexity index is 987. The molecule has 1 saturated carbocycles. The molecule has 0 unspecified atom stereocenters. The SMILES string of the molecule is CC(C)CCn1c(SCC(=O)NC2CCCCCCC2)nc2sc3c(c2c1=O)CCCC3. The van der Waals surface area contributed by atoms with Gasteiger partial charge in [-0.25, -0.2) is 4.98 Å². The van der Waals surface area contributed by atoms with Crippen molar-refractivity contribution in [3.8, 4) is 0 Å². The number of nitrogens with one attached hydrogen (secondary N) is 1. The number of aromatic nitrogens is 2. The molecule has 2 aromatic heterocycles. The fourth-order valence-electron chi connectivity index (χ4n) is 4.91. The normalized spacial score (nSPS) is 17.8. The van der Waals surface area contributed by atoms with E-state index < -0.39 is 0 Å². The number of rotatable bonds is 7. The van der Waals surface area contributed by atoms with Crippen LogP contribution >= 0.6 is 23.1 Å². The highest BCUT2D eigenvalue weighted by atomic mass is 32.2. The van der Waals surface area contributed by atoms with Crippen LogP contribution in [0.1, 0.15) is 88.5 Å². The van der Waals surface area contributed by atoms with Crippen LogP contribution in [0.15, 0.2) is 9.95 Å². The molecule has 0 aromatic carbocycles. The molecular formula is C25H37N3O2S2. The van der Waals surface area contributed by atoms with Crippen molar-refractivity contribution in [2.45, 2.75) is 109 Å². The average Bonchev–Trinajstić information content (AvgIpc) is 3.12. The van der Waals surface area contributed by atoms with Crippen molar-refractivity contribution in [2.75, 3.05) is 5.75 Å². The summed E-state index contributed by atoms with van der Waals surface area (Å²) >= 11 is 3.12. The Morgan fingerprint density at radius 1 is 1.12 bits per heavy atom. The van der Waals surface area contributed by atoms with E-state index in [1.165, 1.54) is 60.7 Å². The Kier molecular flexibility index (Phi) is 8.32. The number of aryl methyl sites for hydroxylation is 2. The maximum absolute atomic E-state index is 13.5. The van der Waals surface area contributed by atoms with Crippen molar-refractivity contribution in [1.82, 2.24) is 14.9 Å². The van der Waals surface area contributed by atoms with Crippen molar-refractivity contribution >= 4 is 39.2 Å². The van der Waals surface area contributed by atoms with Gasteiger partial charge in [-0.1, -0.05) is 57.7 Å². The molecule has 32 heavy (non-hydrogen) atoms. The first kappa shape index (κ1) is 23.8. The standard InChI is InChI=1S/C25H37N3O2S2/c1-17(2)14-15-28-24(30)22-19-12-8-9-13-20(19)32-23(22)27-25(28)31-16-21(29)26-18-10-6-4-3-5-7-11-18/h17-18H,3-16H2,1-2H3,(H,26,29). The zero-order chi connectivity index (χ0) is 22.5. The van der Waals surface area contributed by atoms with Crippen molar-refractivity contribution in [2.24, 2.45) is 5.92 Å². The van der Waals surface area contributed by atoms with Crippen molar-refractivity contribution in [3.63, 3.8) is 0 Å². The number of thiophene rings is 1. The minimum absolute atomic E-state index is 0.0656. The maximum Gasteiger partial charge on any atom is 0.263 e. The third kappa shape index (κ3) is 5.77. The molecule has 0 atom stereocenters. The summed E-state index contributed by atoms with van der Waals surface area (Å²) in [6.07, 6.45) is 13.8. The summed E-state index contributed by atoms with van der Waals surface area (Å²) in [6, 6.07) is 0.297. The highest BCUT2D eigenvalue weighted by Crippen LogP contribution is 2.34. The van der Waals surface area contributed by atoms with Crippen molar-refractivity contribution < 1.29 is 4.79 Å². The monoisotopic (exact) mass is 475 g/mol. The summed E-state index contributed by atoms with van der Waals surface area (Å²) in [5, 5.41) is 4.79. The van der Waals surface area contributed by atoms with Gasteiger partial charge in [-0.3, -0.25) is 14.2 Å². The predicted octanol–water partition coefficient (Wildman–Crippen LogP) is 5.70. The molecule has 1 fully saturated rings. The third-order valence-corrected chi connectivity index (χ3v) is 8.93. The maximum atomic E-state index is 13.5. The van der Waals surface area contributed by atoms with Gasteiger partial charge in [-0.2, -0.15) is 0 Å². The largest absolute Gasteiger partial charge is 0.353 e. The first-order valence-electron chi connectivity index (χ1n) is 12.5. The molecule has 2 heterocycles. The molecule has 2 aliphatic rings. The van der Waals surface area contributed by atoms with E-state index >= 15 is 0 Å². The number of amides is 1. The van der Waals surface area contributed by atoms with Crippen LogP contribution in [0, 0.1) is 5.92 Å². The van der Waals surface area contributed by atoms with Crippen LogP contribution in [-0.4, -0.2) is 27.3 Å². The summed E-state index contributed by atoms with van der Waals surface area (Å²) < 4.78 is 1.84. The van der Waals surface area contributed by atoms with Gasteiger partial charge in [0, 0.05) is 17.5 Å². The predicted molar refractivity (Wildman–Crippen MR) is 135 cm³/mol. The van der Waals surface area contributed by atoms with E-state index in [1.807, 2.05) is 4.57 Å². The summed E-state index contributed by atoms with van der Waals surface area (Å²) in [5.74, 6) is 0.895. The first-order valence-corrected chi connectivity index (χ1v) is 14.3. The Balaban J connectivity index is 1.53. The van der Waals surface area contributed by atoms with Gasteiger partial charge < -0.3 is 5.32 Å². The highest BCUT2D eigenvalue weighted by Gasteiger charge is 2.23. The summed E-state index contributed by atoms with van der Waals surface area (Å²) in [6.45, 7) is 5.02. The Morgan fingerprint density at radius 3 is 2.59 bits per heavy atom. The Hall–Kier alpha value is -1.34. The zero-order valence-corrected chi connectivity index (χ0v) is 21.2. The lowest BCUT2D eigenvalue weighted by Crippen LogP contribution is -2.36. The number of fused-ring (bicyclic) bond motifs is 3. The van der Waals surface area contributed by atoms with E-state index in [4.69, 9.17) is 4.98 Å². The van der Waals surface area contributed by atoms with Crippen LogP contribution < -0.4 is 10.9 Å². The molecule has 0 radical (unpaired) electrons. The number of hydrogen-bond donors (Lipinski definition) is 1. The van der Waals surface area contributed by atoms with E-state index in [0.717, 1.165) is 48.7 Å². The number of hydrogen-bond acceptors (Lipinski definition) is 5. The molecule has 176 valence electrons. The Morgan fingerprint density at radius 2 is 1.84 bits per heavy atom. The molecule has 5 nitrogen and oxygen atoms in total. The summed E-state index contributed by atoms with van der Waals surface area (Å²) in [5.41, 5.74) is 1.34. The van der Waals surface area contributed by atoms with Crippen LogP contribution in [0.3, 0.4) is 0 Å². The molecule has 4 rings (SSSR count). The van der Waals surface area contributed by atoms with Crippen LogP contribution in [-0.2, 0) is 24.2 Å². The molecule has 2 aromatic rings. The lowest BCUT2D eigenvalue weighted by molar-refractivity contribution is -0.119.